The van der Waals surface area contributed by atoms with Gasteiger partial charge in [-0.2, -0.15) is 0 Å². The maximum Gasteiger partial charge on any atom is 0.410 e. The Hall–Kier alpha value is -2.17. The highest BCUT2D eigenvalue weighted by Gasteiger charge is 2.26. The van der Waals surface area contributed by atoms with Gasteiger partial charge in [-0.05, 0) is 64.2 Å². The van der Waals surface area contributed by atoms with Gasteiger partial charge in [0.15, 0.2) is 5.78 Å². The van der Waals surface area contributed by atoms with Crippen molar-refractivity contribution in [1.29, 1.82) is 0 Å². The highest BCUT2D eigenvalue weighted by molar-refractivity contribution is 6.04. The summed E-state index contributed by atoms with van der Waals surface area (Å²) in [5.41, 5.74) is 0.199. The van der Waals surface area contributed by atoms with Gasteiger partial charge >= 0.3 is 6.09 Å². The Morgan fingerprint density at radius 3 is 2.46 bits per heavy atom. The highest BCUT2D eigenvalue weighted by Crippen LogP contribution is 2.22. The SMILES string of the molecule is CC(C)(C)OC(=O)N1CCC(CC=CC(=O)c2ccncc2)CC1. The number of ether oxygens (including phenoxy) is 1. The van der Waals surface area contributed by atoms with E-state index in [0.717, 1.165) is 19.3 Å². The Labute approximate surface area is 143 Å². The van der Waals surface area contributed by atoms with Crippen LogP contribution in [0.3, 0.4) is 0 Å². The largest absolute Gasteiger partial charge is 0.444 e. The summed E-state index contributed by atoms with van der Waals surface area (Å²) >= 11 is 0. The van der Waals surface area contributed by atoms with Crippen molar-refractivity contribution < 1.29 is 14.3 Å². The fraction of sp³-hybridized carbons (Fsp3) is 0.526. The number of rotatable bonds is 4. The predicted molar refractivity (Wildman–Crippen MR) is 92.9 cm³/mol. The molecule has 1 fully saturated rings. The lowest BCUT2D eigenvalue weighted by Gasteiger charge is -2.33. The lowest BCUT2D eigenvalue weighted by molar-refractivity contribution is 0.0185. The molecule has 5 nitrogen and oxygen atoms in total. The van der Waals surface area contributed by atoms with Crippen LogP contribution in [0.4, 0.5) is 4.79 Å². The molecule has 0 spiro atoms. The predicted octanol–water partition coefficient (Wildman–Crippen LogP) is 3.86. The van der Waals surface area contributed by atoms with Crippen molar-refractivity contribution in [1.82, 2.24) is 9.88 Å². The van der Waals surface area contributed by atoms with E-state index in [-0.39, 0.29) is 11.9 Å². The van der Waals surface area contributed by atoms with Crippen LogP contribution in [-0.4, -0.2) is 40.5 Å². The molecule has 0 aromatic carbocycles. The van der Waals surface area contributed by atoms with Crippen LogP contribution in [0.25, 0.3) is 0 Å². The van der Waals surface area contributed by atoms with E-state index in [1.54, 1.807) is 35.5 Å². The second-order valence-electron chi connectivity index (χ2n) is 7.15. The summed E-state index contributed by atoms with van der Waals surface area (Å²) in [6.07, 6.45) is 9.32. The normalized spacial score (nSPS) is 16.4. The van der Waals surface area contributed by atoms with Gasteiger partial charge in [-0.1, -0.05) is 6.08 Å². The zero-order valence-electron chi connectivity index (χ0n) is 14.7. The number of piperidine rings is 1. The number of carbonyl (C=O) groups is 2. The maximum absolute atomic E-state index is 12.0. The molecule has 1 aliphatic heterocycles. The van der Waals surface area contributed by atoms with Crippen molar-refractivity contribution in [3.05, 3.63) is 42.2 Å². The molecule has 1 amide bonds. The van der Waals surface area contributed by atoms with Gasteiger partial charge in [-0.25, -0.2) is 4.79 Å². The lowest BCUT2D eigenvalue weighted by Crippen LogP contribution is -2.41. The van der Waals surface area contributed by atoms with E-state index in [1.165, 1.54) is 0 Å². The molecule has 1 aromatic heterocycles. The average molecular weight is 330 g/mol. The number of hydrogen-bond acceptors (Lipinski definition) is 4. The zero-order chi connectivity index (χ0) is 17.6. The van der Waals surface area contributed by atoms with E-state index in [0.29, 0.717) is 24.6 Å². The van der Waals surface area contributed by atoms with Gasteiger partial charge in [-0.15, -0.1) is 0 Å². The molecule has 0 saturated carbocycles. The van der Waals surface area contributed by atoms with Crippen LogP contribution < -0.4 is 0 Å². The van der Waals surface area contributed by atoms with Crippen LogP contribution in [0.5, 0.6) is 0 Å². The second-order valence-corrected chi connectivity index (χ2v) is 7.15. The van der Waals surface area contributed by atoms with Crippen LogP contribution in [0, 0.1) is 5.92 Å². The molecule has 0 bridgehead atoms. The van der Waals surface area contributed by atoms with Crippen molar-refractivity contribution in [3.63, 3.8) is 0 Å². The van der Waals surface area contributed by atoms with Gasteiger partial charge in [0.05, 0.1) is 0 Å². The number of carbonyl (C=O) groups excluding carboxylic acids is 2. The Balaban J connectivity index is 1.74. The topological polar surface area (TPSA) is 59.5 Å². The maximum atomic E-state index is 12.0. The first kappa shape index (κ1) is 18.2. The molecule has 2 rings (SSSR count). The molecule has 130 valence electrons. The highest BCUT2D eigenvalue weighted by atomic mass is 16.6. The number of pyridine rings is 1. The monoisotopic (exact) mass is 330 g/mol. The lowest BCUT2D eigenvalue weighted by atomic mass is 9.93. The number of amides is 1. The molecule has 0 N–H and O–H groups in total. The third-order valence-electron chi connectivity index (χ3n) is 3.97. The number of allylic oxidation sites excluding steroid dienone is 2. The molecule has 0 atom stereocenters. The number of hydrogen-bond donors (Lipinski definition) is 0. The Morgan fingerprint density at radius 1 is 1.25 bits per heavy atom. The average Bonchev–Trinajstić information content (AvgIpc) is 2.54. The summed E-state index contributed by atoms with van der Waals surface area (Å²) in [6, 6.07) is 3.43. The van der Waals surface area contributed by atoms with Crippen LogP contribution in [0.15, 0.2) is 36.7 Å². The van der Waals surface area contributed by atoms with E-state index in [1.807, 2.05) is 26.8 Å². The van der Waals surface area contributed by atoms with Gasteiger partial charge in [0.2, 0.25) is 0 Å². The van der Waals surface area contributed by atoms with Crippen molar-refractivity contribution >= 4 is 11.9 Å². The first-order valence-corrected chi connectivity index (χ1v) is 8.44. The number of likely N-dealkylation sites (tertiary alicyclic amines) is 1. The third-order valence-corrected chi connectivity index (χ3v) is 3.97. The fourth-order valence-electron chi connectivity index (χ4n) is 2.66. The molecule has 1 aromatic rings. The van der Waals surface area contributed by atoms with Crippen molar-refractivity contribution in [3.8, 4) is 0 Å². The summed E-state index contributed by atoms with van der Waals surface area (Å²) in [5.74, 6) is 0.508. The van der Waals surface area contributed by atoms with Crippen LogP contribution in [0.2, 0.25) is 0 Å². The van der Waals surface area contributed by atoms with E-state index in [9.17, 15) is 9.59 Å². The molecule has 0 aliphatic carbocycles. The molecular weight excluding hydrogens is 304 g/mol. The Bertz CT molecular complexity index is 582. The smallest absolute Gasteiger partial charge is 0.410 e. The van der Waals surface area contributed by atoms with Gasteiger partial charge in [0.1, 0.15) is 5.60 Å². The van der Waals surface area contributed by atoms with Crippen molar-refractivity contribution in [2.45, 2.75) is 45.6 Å². The summed E-state index contributed by atoms with van der Waals surface area (Å²) < 4.78 is 5.40. The van der Waals surface area contributed by atoms with Crippen molar-refractivity contribution in [2.75, 3.05) is 13.1 Å². The van der Waals surface area contributed by atoms with Crippen LogP contribution in [-0.2, 0) is 4.74 Å². The quantitative estimate of drug-likeness (QED) is 0.621. The standard InChI is InChI=1S/C19H26N2O3/c1-19(2,3)24-18(23)21-13-9-15(10-14-21)5-4-6-17(22)16-7-11-20-12-8-16/h4,6-8,11-12,15H,5,9-10,13-14H2,1-3H3. The third kappa shape index (κ3) is 5.80. The Kier molecular flexibility index (Phi) is 6.12. The zero-order valence-corrected chi connectivity index (χ0v) is 14.7. The molecule has 2 heterocycles. The first-order valence-electron chi connectivity index (χ1n) is 8.44. The van der Waals surface area contributed by atoms with Crippen LogP contribution >= 0.6 is 0 Å². The van der Waals surface area contributed by atoms with Gasteiger partial charge in [0, 0.05) is 31.0 Å². The number of ketones is 1. The second kappa shape index (κ2) is 8.08. The minimum atomic E-state index is -0.454. The molecule has 1 aliphatic rings. The molecule has 24 heavy (non-hydrogen) atoms. The minimum Gasteiger partial charge on any atom is -0.444 e. The van der Waals surface area contributed by atoms with Gasteiger partial charge < -0.3 is 9.64 Å². The van der Waals surface area contributed by atoms with Crippen LogP contribution in [0.1, 0.15) is 50.4 Å². The van der Waals surface area contributed by atoms with Crippen molar-refractivity contribution in [2.24, 2.45) is 5.92 Å². The van der Waals surface area contributed by atoms with Gasteiger partial charge in [-0.3, -0.25) is 9.78 Å². The fourth-order valence-corrected chi connectivity index (χ4v) is 2.66. The summed E-state index contributed by atoms with van der Waals surface area (Å²) in [4.78, 5) is 29.7. The molecule has 5 heteroatoms. The molecule has 0 radical (unpaired) electrons. The molecule has 0 unspecified atom stereocenters. The molecular formula is C19H26N2O3. The summed E-state index contributed by atoms with van der Waals surface area (Å²) in [7, 11) is 0. The van der Waals surface area contributed by atoms with E-state index in [2.05, 4.69) is 4.98 Å². The number of nitrogens with zero attached hydrogens (tertiary/aromatic N) is 2. The Morgan fingerprint density at radius 2 is 1.88 bits per heavy atom. The summed E-state index contributed by atoms with van der Waals surface area (Å²) in [5, 5.41) is 0. The van der Waals surface area contributed by atoms with Gasteiger partial charge in [0.25, 0.3) is 0 Å². The van der Waals surface area contributed by atoms with E-state index < -0.39 is 5.60 Å². The minimum absolute atomic E-state index is 0.00332. The van der Waals surface area contributed by atoms with E-state index >= 15 is 0 Å². The molecule has 1 saturated heterocycles. The first-order chi connectivity index (χ1) is 11.3. The number of aromatic nitrogens is 1. The summed E-state index contributed by atoms with van der Waals surface area (Å²) in [6.45, 7) is 7.06. The van der Waals surface area contributed by atoms with E-state index in [4.69, 9.17) is 4.74 Å².